The molecule has 92 valence electrons. The van der Waals surface area contributed by atoms with Crippen LogP contribution in [-0.4, -0.2) is 18.7 Å². The summed E-state index contributed by atoms with van der Waals surface area (Å²) in [6.45, 7) is 5.87. The minimum atomic E-state index is -0.642. The average Bonchev–Trinajstić information content (AvgIpc) is 2.29. The van der Waals surface area contributed by atoms with Gasteiger partial charge in [-0.05, 0) is 24.1 Å². The number of carbonyl (C=O) groups excluding carboxylic acids is 2. The van der Waals surface area contributed by atoms with Gasteiger partial charge in [0.2, 0.25) is 6.29 Å². The first-order chi connectivity index (χ1) is 7.86. The van der Waals surface area contributed by atoms with Gasteiger partial charge < -0.3 is 5.32 Å². The molecule has 1 rings (SSSR count). The predicted octanol–water partition coefficient (Wildman–Crippen LogP) is 1.73. The van der Waals surface area contributed by atoms with Gasteiger partial charge in [-0.3, -0.25) is 9.59 Å². The Kier molecular flexibility index (Phi) is 3.99. The van der Waals surface area contributed by atoms with Gasteiger partial charge in [0.05, 0.1) is 0 Å². The number of amides is 1. The molecule has 1 amide bonds. The molecule has 0 spiro atoms. The van der Waals surface area contributed by atoms with E-state index in [0.29, 0.717) is 12.1 Å². The number of aldehydes is 1. The van der Waals surface area contributed by atoms with Gasteiger partial charge in [0.25, 0.3) is 5.91 Å². The number of carbonyl (C=O) groups is 2. The monoisotopic (exact) mass is 237 g/mol. The maximum Gasteiger partial charge on any atom is 0.284 e. The highest BCUT2D eigenvalue weighted by Gasteiger charge is 2.21. The summed E-state index contributed by atoms with van der Waals surface area (Å²) in [5, 5.41) is 2.50. The van der Waals surface area contributed by atoms with E-state index in [-0.39, 0.29) is 17.5 Å². The minimum Gasteiger partial charge on any atom is -0.349 e. The van der Waals surface area contributed by atoms with Crippen LogP contribution in [0, 0.1) is 12.7 Å². The second-order valence-electron chi connectivity index (χ2n) is 4.68. The zero-order valence-electron chi connectivity index (χ0n) is 10.2. The van der Waals surface area contributed by atoms with Crippen molar-refractivity contribution < 1.29 is 14.0 Å². The van der Waals surface area contributed by atoms with Gasteiger partial charge in [-0.25, -0.2) is 4.39 Å². The molecular weight excluding hydrogens is 221 g/mol. The first-order valence-electron chi connectivity index (χ1n) is 5.36. The lowest BCUT2D eigenvalue weighted by Gasteiger charge is -2.25. The lowest BCUT2D eigenvalue weighted by atomic mass is 9.84. The lowest BCUT2D eigenvalue weighted by Crippen LogP contribution is -2.37. The van der Waals surface area contributed by atoms with Gasteiger partial charge in [-0.15, -0.1) is 0 Å². The van der Waals surface area contributed by atoms with Crippen LogP contribution in [0.1, 0.15) is 25.0 Å². The Morgan fingerprint density at radius 1 is 1.47 bits per heavy atom. The number of benzene rings is 1. The summed E-state index contributed by atoms with van der Waals surface area (Å²) in [6, 6.07) is 4.85. The highest BCUT2D eigenvalue weighted by atomic mass is 19.1. The van der Waals surface area contributed by atoms with Gasteiger partial charge in [0.15, 0.2) is 0 Å². The molecule has 0 aliphatic rings. The first kappa shape index (κ1) is 13.4. The maximum atomic E-state index is 13.1. The number of halogens is 1. The van der Waals surface area contributed by atoms with E-state index in [2.05, 4.69) is 5.32 Å². The molecule has 0 aliphatic heterocycles. The van der Waals surface area contributed by atoms with Crippen molar-refractivity contribution in [3.8, 4) is 0 Å². The number of nitrogens with one attached hydrogen (secondary N) is 1. The molecule has 0 bridgehead atoms. The fraction of sp³-hybridized carbons (Fsp3) is 0.385. The standard InChI is InChI=1S/C13H16FNO2/c1-9-6-10(4-5-11(9)14)13(2,3)8-15-12(17)7-16/h4-7H,8H2,1-3H3,(H,15,17). The van der Waals surface area contributed by atoms with E-state index in [9.17, 15) is 14.0 Å². The van der Waals surface area contributed by atoms with E-state index in [0.717, 1.165) is 5.56 Å². The molecule has 0 aromatic heterocycles. The van der Waals surface area contributed by atoms with Crippen LogP contribution in [0.3, 0.4) is 0 Å². The normalized spacial score (nSPS) is 11.1. The number of hydrogen-bond acceptors (Lipinski definition) is 2. The third kappa shape index (κ3) is 3.37. The van der Waals surface area contributed by atoms with Crippen molar-refractivity contribution in [2.75, 3.05) is 6.54 Å². The number of aryl methyl sites for hydroxylation is 1. The van der Waals surface area contributed by atoms with Crippen LogP contribution in [0.2, 0.25) is 0 Å². The number of hydrogen-bond donors (Lipinski definition) is 1. The van der Waals surface area contributed by atoms with Crippen LogP contribution in [0.25, 0.3) is 0 Å². The quantitative estimate of drug-likeness (QED) is 0.640. The van der Waals surface area contributed by atoms with Gasteiger partial charge in [-0.2, -0.15) is 0 Å². The SMILES string of the molecule is Cc1cc(C(C)(C)CNC(=O)C=O)ccc1F. The summed E-state index contributed by atoms with van der Waals surface area (Å²) in [7, 11) is 0. The highest BCUT2D eigenvalue weighted by Crippen LogP contribution is 2.24. The molecule has 0 saturated carbocycles. The largest absolute Gasteiger partial charge is 0.349 e. The molecule has 0 radical (unpaired) electrons. The second-order valence-corrected chi connectivity index (χ2v) is 4.68. The van der Waals surface area contributed by atoms with Crippen molar-refractivity contribution in [1.82, 2.24) is 5.32 Å². The van der Waals surface area contributed by atoms with Crippen LogP contribution in [0.15, 0.2) is 18.2 Å². The van der Waals surface area contributed by atoms with Crippen LogP contribution in [0.4, 0.5) is 4.39 Å². The van der Waals surface area contributed by atoms with E-state index in [4.69, 9.17) is 0 Å². The third-order valence-corrected chi connectivity index (χ3v) is 2.75. The molecule has 1 N–H and O–H groups in total. The topological polar surface area (TPSA) is 46.2 Å². The van der Waals surface area contributed by atoms with Crippen LogP contribution < -0.4 is 5.32 Å². The van der Waals surface area contributed by atoms with Gasteiger partial charge in [-0.1, -0.05) is 26.0 Å². The lowest BCUT2D eigenvalue weighted by molar-refractivity contribution is -0.131. The Morgan fingerprint density at radius 3 is 2.65 bits per heavy atom. The fourth-order valence-electron chi connectivity index (χ4n) is 1.52. The molecule has 0 saturated heterocycles. The molecule has 3 nitrogen and oxygen atoms in total. The molecule has 4 heteroatoms. The number of rotatable bonds is 4. The van der Waals surface area contributed by atoms with E-state index in [1.165, 1.54) is 6.07 Å². The van der Waals surface area contributed by atoms with Gasteiger partial charge >= 0.3 is 0 Å². The van der Waals surface area contributed by atoms with Crippen LogP contribution in [0.5, 0.6) is 0 Å². The van der Waals surface area contributed by atoms with Crippen molar-refractivity contribution in [1.29, 1.82) is 0 Å². The molecule has 1 aromatic rings. The van der Waals surface area contributed by atoms with Crippen LogP contribution in [-0.2, 0) is 15.0 Å². The summed E-state index contributed by atoms with van der Waals surface area (Å²) in [5.74, 6) is -0.890. The van der Waals surface area contributed by atoms with Crippen molar-refractivity contribution in [2.45, 2.75) is 26.2 Å². The minimum absolute atomic E-state index is 0.242. The fourth-order valence-corrected chi connectivity index (χ4v) is 1.52. The molecule has 1 aromatic carbocycles. The van der Waals surface area contributed by atoms with Crippen molar-refractivity contribution in [3.63, 3.8) is 0 Å². The third-order valence-electron chi connectivity index (χ3n) is 2.75. The van der Waals surface area contributed by atoms with Gasteiger partial charge in [0, 0.05) is 12.0 Å². The molecule has 17 heavy (non-hydrogen) atoms. The molecule has 0 heterocycles. The summed E-state index contributed by atoms with van der Waals surface area (Å²) >= 11 is 0. The molecular formula is C13H16FNO2. The molecule has 0 fully saturated rings. The van der Waals surface area contributed by atoms with E-state index >= 15 is 0 Å². The Balaban J connectivity index is 2.84. The average molecular weight is 237 g/mol. The van der Waals surface area contributed by atoms with E-state index in [1.54, 1.807) is 19.1 Å². The van der Waals surface area contributed by atoms with Crippen LogP contribution >= 0.6 is 0 Å². The van der Waals surface area contributed by atoms with Crippen molar-refractivity contribution >= 4 is 12.2 Å². The second kappa shape index (κ2) is 5.08. The Labute approximate surface area is 100 Å². The highest BCUT2D eigenvalue weighted by molar-refractivity contribution is 6.23. The summed E-state index contributed by atoms with van der Waals surface area (Å²) < 4.78 is 13.1. The van der Waals surface area contributed by atoms with Crippen molar-refractivity contribution in [3.05, 3.63) is 35.1 Å². The molecule has 0 atom stereocenters. The maximum absolute atomic E-state index is 13.1. The summed E-state index contributed by atoms with van der Waals surface area (Å²) in [4.78, 5) is 21.1. The summed E-state index contributed by atoms with van der Waals surface area (Å²) in [6.07, 6.45) is 0.242. The summed E-state index contributed by atoms with van der Waals surface area (Å²) in [5.41, 5.74) is 1.14. The zero-order chi connectivity index (χ0) is 13.1. The smallest absolute Gasteiger partial charge is 0.284 e. The Hall–Kier alpha value is -1.71. The first-order valence-corrected chi connectivity index (χ1v) is 5.36. The zero-order valence-corrected chi connectivity index (χ0v) is 10.2. The predicted molar refractivity (Wildman–Crippen MR) is 63.2 cm³/mol. The van der Waals surface area contributed by atoms with Crippen molar-refractivity contribution in [2.24, 2.45) is 0 Å². The Morgan fingerprint density at radius 2 is 2.12 bits per heavy atom. The van der Waals surface area contributed by atoms with E-state index in [1.807, 2.05) is 13.8 Å². The Bertz CT molecular complexity index is 441. The molecule has 0 aliphatic carbocycles. The van der Waals surface area contributed by atoms with Gasteiger partial charge in [0.1, 0.15) is 5.82 Å². The van der Waals surface area contributed by atoms with E-state index < -0.39 is 5.91 Å². The molecule has 0 unspecified atom stereocenters.